The Balaban J connectivity index is 1.13. The van der Waals surface area contributed by atoms with Crippen LogP contribution in [0, 0.1) is 6.92 Å². The summed E-state index contributed by atoms with van der Waals surface area (Å²) in [4.78, 5) is 13.1. The van der Waals surface area contributed by atoms with Crippen LogP contribution in [0.25, 0.3) is 21.8 Å². The van der Waals surface area contributed by atoms with Crippen molar-refractivity contribution in [1.82, 2.24) is 19.8 Å². The highest BCUT2D eigenvalue weighted by Crippen LogP contribution is 2.54. The highest BCUT2D eigenvalue weighted by Gasteiger charge is 2.56. The minimum Gasteiger partial charge on any atom is -0.507 e. The molecule has 2 aromatic heterocycles. The number of phenolic OH excluding ortho intramolecular Hbond substituents is 4. The summed E-state index contributed by atoms with van der Waals surface area (Å²) in [5, 5.41) is 44.5. The van der Waals surface area contributed by atoms with E-state index in [9.17, 15) is 20.4 Å². The molecular weight excluding hydrogens is 639 g/mol. The first-order valence-corrected chi connectivity index (χ1v) is 17.4. The van der Waals surface area contributed by atoms with Gasteiger partial charge in [-0.2, -0.15) is 0 Å². The van der Waals surface area contributed by atoms with Gasteiger partial charge in [-0.15, -0.1) is 0 Å². The van der Waals surface area contributed by atoms with E-state index in [1.54, 1.807) is 36.5 Å². The zero-order valence-electron chi connectivity index (χ0n) is 29.5. The highest BCUT2D eigenvalue weighted by atomic mass is 16.5. The first kappa shape index (κ1) is 36.1. The predicted octanol–water partition coefficient (Wildman–Crippen LogP) is 4.84. The standard InChI is InChI=1S/C37H49BN4O8/c1-25-7-8-29-31(44)19-27(35(46)33(29)40-25)21-42-11-14-48-17-16-47-13-10-41(12-15-50-38-22-37(38,4)24-49-36(2,3)23-42)20-26-18-30(43)28-6-5-9-39-32(28)34(26)45/h5-9,18-19,43-46H,10-17,20-24H2,1-4H3. The Morgan fingerprint density at radius 2 is 1.40 bits per heavy atom. The first-order chi connectivity index (χ1) is 23.9. The summed E-state index contributed by atoms with van der Waals surface area (Å²) in [5.74, 6) is 0.287. The smallest absolute Gasteiger partial charge is 0.300 e. The number of aromatic hydroxyl groups is 4. The van der Waals surface area contributed by atoms with Crippen LogP contribution in [0.15, 0.2) is 42.6 Å². The molecule has 0 aliphatic carbocycles. The third-order valence-electron chi connectivity index (χ3n) is 9.73. The van der Waals surface area contributed by atoms with Crippen LogP contribution in [-0.2, 0) is 32.0 Å². The van der Waals surface area contributed by atoms with Crippen molar-refractivity contribution in [2.24, 2.45) is 0 Å². The number of ether oxygens (including phenoxy) is 3. The molecule has 268 valence electrons. The lowest BCUT2D eigenvalue weighted by atomic mass is 9.81. The molecule has 0 radical (unpaired) electrons. The van der Waals surface area contributed by atoms with Crippen molar-refractivity contribution in [2.75, 3.05) is 65.8 Å². The van der Waals surface area contributed by atoms with E-state index in [-0.39, 0.29) is 35.2 Å². The molecule has 2 aliphatic heterocycles. The van der Waals surface area contributed by atoms with Gasteiger partial charge in [-0.1, -0.05) is 6.92 Å². The molecule has 2 saturated heterocycles. The maximum atomic E-state index is 11.2. The Labute approximate surface area is 293 Å². The number of benzene rings is 2. The lowest BCUT2D eigenvalue weighted by molar-refractivity contribution is -0.0518. The Morgan fingerprint density at radius 1 is 0.780 bits per heavy atom. The second kappa shape index (κ2) is 15.3. The molecule has 6 rings (SSSR count). The van der Waals surface area contributed by atoms with Crippen molar-refractivity contribution in [3.05, 3.63) is 59.4 Å². The van der Waals surface area contributed by atoms with Gasteiger partial charge in [0.05, 0.1) is 32.0 Å². The SMILES string of the molecule is Cc1ccc2c(O)cc(CN3CCOCCOCCN(Cc4cc(O)c5cccnc5c4O)CCOB4CC4(C)COC(C)(C)C3)c(O)c2n1. The molecule has 12 nitrogen and oxygen atoms in total. The Kier molecular flexibility index (Phi) is 11.0. The third kappa shape index (κ3) is 8.59. The maximum Gasteiger partial charge on any atom is 0.300 e. The molecule has 2 aliphatic rings. The van der Waals surface area contributed by atoms with E-state index < -0.39 is 5.60 Å². The number of aryl methyl sites for hydroxylation is 1. The minimum absolute atomic E-state index is 0.0622. The van der Waals surface area contributed by atoms with Gasteiger partial charge in [-0.05, 0) is 68.8 Å². The molecule has 0 saturated carbocycles. The van der Waals surface area contributed by atoms with Gasteiger partial charge in [-0.3, -0.25) is 14.8 Å². The van der Waals surface area contributed by atoms with Gasteiger partial charge < -0.3 is 39.3 Å². The van der Waals surface area contributed by atoms with Crippen molar-refractivity contribution >= 4 is 28.7 Å². The van der Waals surface area contributed by atoms with E-state index in [1.165, 1.54) is 0 Å². The topological polar surface area (TPSA) is 150 Å². The molecule has 2 aromatic carbocycles. The largest absolute Gasteiger partial charge is 0.507 e. The summed E-state index contributed by atoms with van der Waals surface area (Å²) in [7, 11) is 0. The van der Waals surface area contributed by atoms with Crippen LogP contribution in [-0.4, -0.2) is 119 Å². The second-order valence-electron chi connectivity index (χ2n) is 14.5. The summed E-state index contributed by atoms with van der Waals surface area (Å²) in [6, 6.07) is 10.3. The number of hydrogen-bond acceptors (Lipinski definition) is 12. The number of phenols is 4. The molecule has 0 spiro atoms. The monoisotopic (exact) mass is 688 g/mol. The molecule has 4 heterocycles. The van der Waals surface area contributed by atoms with Crippen LogP contribution >= 0.6 is 0 Å². The van der Waals surface area contributed by atoms with Crippen molar-refractivity contribution in [1.29, 1.82) is 0 Å². The molecule has 50 heavy (non-hydrogen) atoms. The third-order valence-corrected chi connectivity index (χ3v) is 9.73. The Hall–Kier alpha value is -3.72. The van der Waals surface area contributed by atoms with Crippen LogP contribution in [0.4, 0.5) is 0 Å². The number of aromatic nitrogens is 2. The lowest BCUT2D eigenvalue weighted by Gasteiger charge is -2.34. The normalized spacial score (nSPS) is 22.1. The number of rotatable bonds is 4. The van der Waals surface area contributed by atoms with Crippen LogP contribution < -0.4 is 0 Å². The molecule has 0 amide bonds. The first-order valence-electron chi connectivity index (χ1n) is 17.4. The van der Waals surface area contributed by atoms with Crippen molar-refractivity contribution < 1.29 is 39.3 Å². The molecule has 0 bridgehead atoms. The zero-order chi connectivity index (χ0) is 35.5. The number of pyridine rings is 2. The van der Waals surface area contributed by atoms with Crippen molar-refractivity contribution in [3.8, 4) is 23.0 Å². The van der Waals surface area contributed by atoms with Crippen molar-refractivity contribution in [3.63, 3.8) is 0 Å². The average Bonchev–Trinajstić information content (AvgIpc) is 3.74. The number of nitrogens with zero attached hydrogens (tertiary/aromatic N) is 4. The molecule has 2 fully saturated rings. The van der Waals surface area contributed by atoms with Gasteiger partial charge in [0.1, 0.15) is 34.0 Å². The fraction of sp³-hybridized carbons (Fsp3) is 0.514. The summed E-state index contributed by atoms with van der Waals surface area (Å²) < 4.78 is 24.8. The minimum atomic E-state index is -0.523. The van der Waals surface area contributed by atoms with Crippen molar-refractivity contribution in [2.45, 2.75) is 58.0 Å². The van der Waals surface area contributed by atoms with Gasteiger partial charge in [0.25, 0.3) is 0 Å². The number of hydrogen-bond donors (Lipinski definition) is 4. The molecule has 4 aromatic rings. The van der Waals surface area contributed by atoms with Gasteiger partial charge in [0, 0.05) is 86.3 Å². The lowest BCUT2D eigenvalue weighted by Crippen LogP contribution is -2.42. The molecule has 1 unspecified atom stereocenters. The molecule has 4 N–H and O–H groups in total. The fourth-order valence-electron chi connectivity index (χ4n) is 6.63. The predicted molar refractivity (Wildman–Crippen MR) is 192 cm³/mol. The van der Waals surface area contributed by atoms with Crippen LogP contribution in [0.1, 0.15) is 37.6 Å². The van der Waals surface area contributed by atoms with Gasteiger partial charge in [0.2, 0.25) is 0 Å². The highest BCUT2D eigenvalue weighted by molar-refractivity contribution is 6.68. The van der Waals surface area contributed by atoms with Crippen LogP contribution in [0.3, 0.4) is 0 Å². The molecule has 1 atom stereocenters. The summed E-state index contributed by atoms with van der Waals surface area (Å²) in [6.45, 7) is 14.1. The molecule has 13 heteroatoms. The van der Waals surface area contributed by atoms with E-state index in [0.29, 0.717) is 112 Å². The van der Waals surface area contributed by atoms with E-state index >= 15 is 0 Å². The summed E-state index contributed by atoms with van der Waals surface area (Å²) in [5.41, 5.74) is 2.17. The maximum absolute atomic E-state index is 11.2. The second-order valence-corrected chi connectivity index (χ2v) is 14.5. The van der Waals surface area contributed by atoms with Crippen LogP contribution in [0.2, 0.25) is 11.6 Å². The molecular formula is C37H49BN4O8. The fourth-order valence-corrected chi connectivity index (χ4v) is 6.63. The average molecular weight is 689 g/mol. The van der Waals surface area contributed by atoms with Gasteiger partial charge in [0.15, 0.2) is 0 Å². The quantitative estimate of drug-likeness (QED) is 0.172. The van der Waals surface area contributed by atoms with E-state index in [2.05, 4.69) is 40.5 Å². The van der Waals surface area contributed by atoms with E-state index in [0.717, 1.165) is 12.0 Å². The van der Waals surface area contributed by atoms with E-state index in [4.69, 9.17) is 18.9 Å². The summed E-state index contributed by atoms with van der Waals surface area (Å²) >= 11 is 0. The Bertz CT molecular complexity index is 1810. The van der Waals surface area contributed by atoms with E-state index in [1.807, 2.05) is 13.0 Å². The zero-order valence-corrected chi connectivity index (χ0v) is 29.5. The summed E-state index contributed by atoms with van der Waals surface area (Å²) in [6.07, 6.45) is 2.49. The number of fused-ring (bicyclic) bond motifs is 3. The van der Waals surface area contributed by atoms with Gasteiger partial charge in [-0.25, -0.2) is 4.98 Å². The Morgan fingerprint density at radius 3 is 2.12 bits per heavy atom. The van der Waals surface area contributed by atoms with Gasteiger partial charge >= 0.3 is 6.92 Å². The van der Waals surface area contributed by atoms with Crippen LogP contribution in [0.5, 0.6) is 23.0 Å².